The summed E-state index contributed by atoms with van der Waals surface area (Å²) in [4.78, 5) is 12.4. The Labute approximate surface area is 138 Å². The Morgan fingerprint density at radius 1 is 1.43 bits per heavy atom. The predicted octanol–water partition coefficient (Wildman–Crippen LogP) is 3.00. The molecule has 0 saturated carbocycles. The predicted molar refractivity (Wildman–Crippen MR) is 92.2 cm³/mol. The van der Waals surface area contributed by atoms with E-state index in [1.165, 1.54) is 22.8 Å². The number of rotatable bonds is 5. The molecular formula is C17H19N3O2S. The summed E-state index contributed by atoms with van der Waals surface area (Å²) < 4.78 is 7.99. The molecule has 0 aliphatic heterocycles. The average molecular weight is 329 g/mol. The van der Waals surface area contributed by atoms with Crippen molar-refractivity contribution >= 4 is 27.3 Å². The fraction of sp³-hybridized carbons (Fsp3) is 0.294. The average Bonchev–Trinajstić information content (AvgIpc) is 3.11. The third-order valence-electron chi connectivity index (χ3n) is 3.70. The van der Waals surface area contributed by atoms with Crippen LogP contribution in [0.2, 0.25) is 0 Å². The number of carbonyl (C=O) groups is 1. The molecule has 23 heavy (non-hydrogen) atoms. The van der Waals surface area contributed by atoms with Crippen LogP contribution in [0, 0.1) is 0 Å². The third kappa shape index (κ3) is 3.22. The van der Waals surface area contributed by atoms with E-state index >= 15 is 0 Å². The molecule has 3 rings (SSSR count). The maximum Gasteiger partial charge on any atom is 0.258 e. The van der Waals surface area contributed by atoms with Gasteiger partial charge in [0.25, 0.3) is 5.91 Å². The summed E-state index contributed by atoms with van der Waals surface area (Å²) in [5, 5.41) is 10.6. The number of amides is 1. The maximum absolute atomic E-state index is 12.4. The number of aryl methyl sites for hydroxylation is 1. The van der Waals surface area contributed by atoms with Gasteiger partial charge in [-0.3, -0.25) is 9.48 Å². The van der Waals surface area contributed by atoms with E-state index in [2.05, 4.69) is 27.9 Å². The standard InChI is InChI=1S/C17H19N3O2S/c1-11(8-12-10-23-15-7-5-4-6-13(12)15)18-16(21)14-9-20(2)19-17(14)22-3/h4-7,9-11H,8H2,1-3H3,(H,18,21)/t11-/m1/s1. The third-order valence-corrected chi connectivity index (χ3v) is 4.71. The molecule has 1 atom stereocenters. The molecule has 1 N–H and O–H groups in total. The van der Waals surface area contributed by atoms with Crippen molar-refractivity contribution in [3.63, 3.8) is 0 Å². The van der Waals surface area contributed by atoms with Crippen molar-refractivity contribution in [3.8, 4) is 5.88 Å². The van der Waals surface area contributed by atoms with Crippen LogP contribution in [0.5, 0.6) is 5.88 Å². The summed E-state index contributed by atoms with van der Waals surface area (Å²) in [6, 6.07) is 8.35. The Kier molecular flexibility index (Phi) is 4.34. The van der Waals surface area contributed by atoms with E-state index in [1.807, 2.05) is 19.1 Å². The normalized spacial score (nSPS) is 12.3. The highest BCUT2D eigenvalue weighted by molar-refractivity contribution is 7.17. The van der Waals surface area contributed by atoms with Crippen molar-refractivity contribution < 1.29 is 9.53 Å². The molecule has 1 aromatic carbocycles. The molecule has 2 aromatic heterocycles. The maximum atomic E-state index is 12.4. The number of methoxy groups -OCH3 is 1. The number of carbonyl (C=O) groups excluding carboxylic acids is 1. The van der Waals surface area contributed by atoms with Gasteiger partial charge in [-0.1, -0.05) is 18.2 Å². The fourth-order valence-corrected chi connectivity index (χ4v) is 3.62. The largest absolute Gasteiger partial charge is 0.479 e. The lowest BCUT2D eigenvalue weighted by Crippen LogP contribution is -2.34. The van der Waals surface area contributed by atoms with Crippen LogP contribution in [0.4, 0.5) is 0 Å². The quantitative estimate of drug-likeness (QED) is 0.783. The Bertz CT molecular complexity index is 837. The van der Waals surface area contributed by atoms with Gasteiger partial charge < -0.3 is 10.1 Å². The van der Waals surface area contributed by atoms with Crippen LogP contribution in [0.3, 0.4) is 0 Å². The highest BCUT2D eigenvalue weighted by Crippen LogP contribution is 2.26. The van der Waals surface area contributed by atoms with Crippen molar-refractivity contribution in [2.75, 3.05) is 7.11 Å². The Morgan fingerprint density at radius 3 is 3.00 bits per heavy atom. The van der Waals surface area contributed by atoms with Crippen molar-refractivity contribution in [2.24, 2.45) is 7.05 Å². The molecule has 0 spiro atoms. The number of benzene rings is 1. The summed E-state index contributed by atoms with van der Waals surface area (Å²) in [6.07, 6.45) is 2.46. The van der Waals surface area contributed by atoms with Crippen molar-refractivity contribution in [3.05, 3.63) is 47.0 Å². The van der Waals surface area contributed by atoms with Crippen LogP contribution in [0.25, 0.3) is 10.1 Å². The molecule has 0 unspecified atom stereocenters. The van der Waals surface area contributed by atoms with Crippen LogP contribution in [-0.4, -0.2) is 28.8 Å². The summed E-state index contributed by atoms with van der Waals surface area (Å²) in [6.45, 7) is 2.01. The minimum Gasteiger partial charge on any atom is -0.479 e. The number of fused-ring (bicyclic) bond motifs is 1. The molecule has 1 amide bonds. The smallest absolute Gasteiger partial charge is 0.258 e. The Hall–Kier alpha value is -2.34. The minimum atomic E-state index is -0.165. The van der Waals surface area contributed by atoms with Crippen molar-refractivity contribution in [1.82, 2.24) is 15.1 Å². The van der Waals surface area contributed by atoms with E-state index in [1.54, 1.807) is 29.3 Å². The molecular weight excluding hydrogens is 310 g/mol. The number of nitrogens with one attached hydrogen (secondary N) is 1. The molecule has 0 radical (unpaired) electrons. The van der Waals surface area contributed by atoms with Gasteiger partial charge in [0, 0.05) is 24.0 Å². The first-order chi connectivity index (χ1) is 11.1. The summed E-state index contributed by atoms with van der Waals surface area (Å²) in [5.74, 6) is 0.181. The van der Waals surface area contributed by atoms with E-state index in [-0.39, 0.29) is 11.9 Å². The second-order valence-electron chi connectivity index (χ2n) is 5.56. The van der Waals surface area contributed by atoms with E-state index in [4.69, 9.17) is 4.74 Å². The van der Waals surface area contributed by atoms with E-state index in [0.29, 0.717) is 11.4 Å². The molecule has 120 valence electrons. The van der Waals surface area contributed by atoms with Crippen LogP contribution in [-0.2, 0) is 13.5 Å². The van der Waals surface area contributed by atoms with Crippen molar-refractivity contribution in [1.29, 1.82) is 0 Å². The zero-order chi connectivity index (χ0) is 16.4. The second-order valence-corrected chi connectivity index (χ2v) is 6.47. The molecule has 5 nitrogen and oxygen atoms in total. The van der Waals surface area contributed by atoms with Crippen LogP contribution in [0.15, 0.2) is 35.8 Å². The van der Waals surface area contributed by atoms with Gasteiger partial charge >= 0.3 is 0 Å². The fourth-order valence-electron chi connectivity index (χ4n) is 2.65. The lowest BCUT2D eigenvalue weighted by molar-refractivity contribution is 0.0937. The molecule has 3 aromatic rings. The van der Waals surface area contributed by atoms with E-state index in [0.717, 1.165) is 6.42 Å². The highest BCUT2D eigenvalue weighted by Gasteiger charge is 2.18. The minimum absolute atomic E-state index is 0.0189. The SMILES string of the molecule is COc1nn(C)cc1C(=O)N[C@H](C)Cc1csc2ccccc12. The number of thiophene rings is 1. The number of nitrogens with zero attached hydrogens (tertiary/aromatic N) is 2. The number of ether oxygens (including phenoxy) is 1. The van der Waals surface area contributed by atoms with E-state index < -0.39 is 0 Å². The summed E-state index contributed by atoms with van der Waals surface area (Å²) in [5.41, 5.74) is 1.72. The number of aromatic nitrogens is 2. The van der Waals surface area contributed by atoms with Crippen molar-refractivity contribution in [2.45, 2.75) is 19.4 Å². The monoisotopic (exact) mass is 329 g/mol. The number of hydrogen-bond acceptors (Lipinski definition) is 4. The zero-order valence-electron chi connectivity index (χ0n) is 13.4. The van der Waals surface area contributed by atoms with Gasteiger partial charge in [-0.25, -0.2) is 0 Å². The lowest BCUT2D eigenvalue weighted by atomic mass is 10.1. The molecule has 0 aliphatic carbocycles. The van der Waals surface area contributed by atoms with Gasteiger partial charge in [0.2, 0.25) is 5.88 Å². The first kappa shape index (κ1) is 15.6. The van der Waals surface area contributed by atoms with Crippen LogP contribution >= 0.6 is 11.3 Å². The highest BCUT2D eigenvalue weighted by atomic mass is 32.1. The van der Waals surface area contributed by atoms with Crippen LogP contribution in [0.1, 0.15) is 22.8 Å². The molecule has 0 aliphatic rings. The lowest BCUT2D eigenvalue weighted by Gasteiger charge is -2.13. The Morgan fingerprint density at radius 2 is 2.22 bits per heavy atom. The molecule has 0 saturated heterocycles. The molecule has 6 heteroatoms. The zero-order valence-corrected chi connectivity index (χ0v) is 14.2. The number of hydrogen-bond donors (Lipinski definition) is 1. The topological polar surface area (TPSA) is 56.2 Å². The molecule has 0 bridgehead atoms. The first-order valence-electron chi connectivity index (χ1n) is 7.42. The van der Waals surface area contributed by atoms with Crippen LogP contribution < -0.4 is 10.1 Å². The first-order valence-corrected chi connectivity index (χ1v) is 8.30. The Balaban J connectivity index is 1.71. The van der Waals surface area contributed by atoms with E-state index in [9.17, 15) is 4.79 Å². The van der Waals surface area contributed by atoms with Gasteiger partial charge in [-0.2, -0.15) is 0 Å². The van der Waals surface area contributed by atoms with Gasteiger partial charge in [-0.15, -0.1) is 16.4 Å². The van der Waals surface area contributed by atoms with Gasteiger partial charge in [-0.05, 0) is 35.7 Å². The van der Waals surface area contributed by atoms with Gasteiger partial charge in [0.15, 0.2) is 0 Å². The van der Waals surface area contributed by atoms with Gasteiger partial charge in [0.05, 0.1) is 7.11 Å². The second kappa shape index (κ2) is 6.42. The summed E-state index contributed by atoms with van der Waals surface area (Å²) >= 11 is 1.73. The molecule has 2 heterocycles. The van der Waals surface area contributed by atoms with Gasteiger partial charge in [0.1, 0.15) is 5.56 Å². The summed E-state index contributed by atoms with van der Waals surface area (Å²) in [7, 11) is 3.28. The molecule has 0 fully saturated rings.